The molecule has 1 N–H and O–H groups in total. The summed E-state index contributed by atoms with van der Waals surface area (Å²) >= 11 is 1.64. The number of hydrogen-bond acceptors (Lipinski definition) is 6. The molecule has 3 heterocycles. The molecule has 1 aromatic carbocycles. The van der Waals surface area contributed by atoms with Gasteiger partial charge in [0.15, 0.2) is 5.82 Å². The van der Waals surface area contributed by atoms with Crippen molar-refractivity contribution in [1.82, 2.24) is 19.5 Å². The number of nitrogens with one attached hydrogen (secondary N) is 1. The largest absolute Gasteiger partial charge is 0.365 e. The van der Waals surface area contributed by atoms with Crippen molar-refractivity contribution in [2.45, 2.75) is 58.4 Å². The standard InChI is InChI=1S/C24H32N6OS/c1-3-17-9-11-18(12-10-17)21-22(25-19-7-5-6-8-19)30-23(26-21)32-24(27-30)29-15-13-28(14-16-29)20(31)4-2/h9-12,19,25H,3-8,13-16H2,1-2H3. The fourth-order valence-corrected chi connectivity index (χ4v) is 5.68. The summed E-state index contributed by atoms with van der Waals surface area (Å²) in [4.78, 5) is 22.2. The number of aryl methyl sites for hydroxylation is 1. The van der Waals surface area contributed by atoms with E-state index >= 15 is 0 Å². The van der Waals surface area contributed by atoms with Gasteiger partial charge in [-0.05, 0) is 24.8 Å². The number of amides is 1. The maximum absolute atomic E-state index is 12.0. The molecule has 0 spiro atoms. The molecule has 2 aliphatic rings. The Bertz CT molecular complexity index is 1070. The number of benzene rings is 1. The molecule has 32 heavy (non-hydrogen) atoms. The molecule has 1 aliphatic heterocycles. The van der Waals surface area contributed by atoms with Crippen LogP contribution in [0, 0.1) is 0 Å². The van der Waals surface area contributed by atoms with Crippen LogP contribution in [0.1, 0.15) is 51.5 Å². The van der Waals surface area contributed by atoms with Crippen LogP contribution in [0.3, 0.4) is 0 Å². The minimum atomic E-state index is 0.236. The highest BCUT2D eigenvalue weighted by molar-refractivity contribution is 7.20. The van der Waals surface area contributed by atoms with Crippen LogP contribution in [-0.4, -0.2) is 57.6 Å². The van der Waals surface area contributed by atoms with Crippen LogP contribution in [0.2, 0.25) is 0 Å². The molecule has 3 aromatic rings. The summed E-state index contributed by atoms with van der Waals surface area (Å²) in [6.07, 6.45) is 6.57. The lowest BCUT2D eigenvalue weighted by Crippen LogP contribution is -2.48. The average molecular weight is 453 g/mol. The van der Waals surface area contributed by atoms with E-state index in [1.807, 2.05) is 16.3 Å². The second-order valence-corrected chi connectivity index (χ2v) is 9.72. The Labute approximate surface area is 193 Å². The zero-order chi connectivity index (χ0) is 22.1. The van der Waals surface area contributed by atoms with Gasteiger partial charge in [-0.1, -0.05) is 62.3 Å². The van der Waals surface area contributed by atoms with Gasteiger partial charge in [-0.15, -0.1) is 5.10 Å². The third-order valence-electron chi connectivity index (χ3n) is 6.73. The Balaban J connectivity index is 1.44. The van der Waals surface area contributed by atoms with Gasteiger partial charge in [-0.25, -0.2) is 4.98 Å². The van der Waals surface area contributed by atoms with Crippen molar-refractivity contribution < 1.29 is 4.79 Å². The maximum Gasteiger partial charge on any atom is 0.222 e. The summed E-state index contributed by atoms with van der Waals surface area (Å²) in [5.74, 6) is 1.25. The van der Waals surface area contributed by atoms with Crippen molar-refractivity contribution >= 4 is 33.2 Å². The number of carbonyl (C=O) groups is 1. The molecular weight excluding hydrogens is 420 g/mol. The predicted molar refractivity (Wildman–Crippen MR) is 131 cm³/mol. The van der Waals surface area contributed by atoms with Gasteiger partial charge in [0.2, 0.25) is 16.0 Å². The number of rotatable bonds is 6. The molecular formula is C24H32N6OS. The van der Waals surface area contributed by atoms with Gasteiger partial charge in [-0.3, -0.25) is 4.79 Å². The fraction of sp³-hybridized carbons (Fsp3) is 0.542. The third kappa shape index (κ3) is 4.08. The van der Waals surface area contributed by atoms with Crippen LogP contribution in [0.25, 0.3) is 16.2 Å². The van der Waals surface area contributed by atoms with Crippen molar-refractivity contribution in [3.63, 3.8) is 0 Å². The summed E-state index contributed by atoms with van der Waals surface area (Å²) in [7, 11) is 0. The van der Waals surface area contributed by atoms with E-state index in [2.05, 4.69) is 41.4 Å². The molecule has 0 bridgehead atoms. The summed E-state index contributed by atoms with van der Waals surface area (Å²) in [5.41, 5.74) is 3.46. The molecule has 0 unspecified atom stereocenters. The lowest BCUT2D eigenvalue weighted by Gasteiger charge is -2.34. The van der Waals surface area contributed by atoms with E-state index in [0.29, 0.717) is 12.5 Å². The Kier molecular flexibility index (Phi) is 6.04. The zero-order valence-corrected chi connectivity index (χ0v) is 19.8. The van der Waals surface area contributed by atoms with E-state index in [0.717, 1.165) is 59.8 Å². The van der Waals surface area contributed by atoms with Gasteiger partial charge in [-0.2, -0.15) is 4.52 Å². The zero-order valence-electron chi connectivity index (χ0n) is 19.0. The van der Waals surface area contributed by atoms with Crippen LogP contribution in [0.15, 0.2) is 24.3 Å². The second-order valence-electron chi connectivity index (χ2n) is 8.79. The Morgan fingerprint density at radius 2 is 1.81 bits per heavy atom. The molecule has 8 heteroatoms. The van der Waals surface area contributed by atoms with E-state index in [4.69, 9.17) is 10.1 Å². The van der Waals surface area contributed by atoms with Crippen LogP contribution in [0.4, 0.5) is 10.9 Å². The number of hydrogen-bond donors (Lipinski definition) is 1. The van der Waals surface area contributed by atoms with Gasteiger partial charge in [0.1, 0.15) is 5.69 Å². The maximum atomic E-state index is 12.0. The van der Waals surface area contributed by atoms with Crippen molar-refractivity contribution in [3.8, 4) is 11.3 Å². The first-order chi connectivity index (χ1) is 15.7. The van der Waals surface area contributed by atoms with E-state index < -0.39 is 0 Å². The molecule has 1 amide bonds. The second kappa shape index (κ2) is 9.10. The van der Waals surface area contributed by atoms with Crippen molar-refractivity contribution in [2.75, 3.05) is 36.4 Å². The summed E-state index contributed by atoms with van der Waals surface area (Å²) in [5, 5.41) is 9.74. The fourth-order valence-electron chi connectivity index (χ4n) is 4.73. The average Bonchev–Trinajstić information content (AvgIpc) is 3.57. The highest BCUT2D eigenvalue weighted by Crippen LogP contribution is 2.35. The molecule has 1 saturated carbocycles. The van der Waals surface area contributed by atoms with Crippen molar-refractivity contribution in [1.29, 1.82) is 0 Å². The number of imidazole rings is 1. The molecule has 170 valence electrons. The first-order valence-electron chi connectivity index (χ1n) is 11.9. The molecule has 5 rings (SSSR count). The summed E-state index contributed by atoms with van der Waals surface area (Å²) in [6, 6.07) is 9.22. The Morgan fingerprint density at radius 3 is 2.47 bits per heavy atom. The number of anilines is 2. The van der Waals surface area contributed by atoms with Gasteiger partial charge >= 0.3 is 0 Å². The number of aromatic nitrogens is 3. The van der Waals surface area contributed by atoms with E-state index in [-0.39, 0.29) is 5.91 Å². The predicted octanol–water partition coefficient (Wildman–Crippen LogP) is 4.43. The van der Waals surface area contributed by atoms with Crippen molar-refractivity contribution in [2.24, 2.45) is 0 Å². The van der Waals surface area contributed by atoms with E-state index in [1.165, 1.54) is 31.2 Å². The first-order valence-corrected chi connectivity index (χ1v) is 12.8. The molecule has 7 nitrogen and oxygen atoms in total. The van der Waals surface area contributed by atoms with E-state index in [9.17, 15) is 4.79 Å². The molecule has 1 aliphatic carbocycles. The SMILES string of the molecule is CCC(=O)N1CCN(c2nn3c(NC4CCCC4)c(-c4ccc(CC)cc4)nc3s2)CC1. The molecule has 0 radical (unpaired) electrons. The molecule has 2 fully saturated rings. The summed E-state index contributed by atoms with van der Waals surface area (Å²) < 4.78 is 2.00. The normalized spacial score (nSPS) is 17.4. The highest BCUT2D eigenvalue weighted by Gasteiger charge is 2.26. The molecule has 2 aromatic heterocycles. The van der Waals surface area contributed by atoms with Crippen LogP contribution in [0.5, 0.6) is 0 Å². The van der Waals surface area contributed by atoms with E-state index in [1.54, 1.807) is 11.3 Å². The number of nitrogens with zero attached hydrogens (tertiary/aromatic N) is 5. The van der Waals surface area contributed by atoms with Crippen LogP contribution >= 0.6 is 11.3 Å². The van der Waals surface area contributed by atoms with Crippen LogP contribution < -0.4 is 10.2 Å². The summed E-state index contributed by atoms with van der Waals surface area (Å²) in [6.45, 7) is 7.26. The lowest BCUT2D eigenvalue weighted by atomic mass is 10.1. The van der Waals surface area contributed by atoms with Crippen molar-refractivity contribution in [3.05, 3.63) is 29.8 Å². The first kappa shape index (κ1) is 21.2. The quantitative estimate of drug-likeness (QED) is 0.599. The third-order valence-corrected chi connectivity index (χ3v) is 7.70. The Hall–Kier alpha value is -2.61. The van der Waals surface area contributed by atoms with Gasteiger partial charge < -0.3 is 15.1 Å². The smallest absolute Gasteiger partial charge is 0.222 e. The Morgan fingerprint density at radius 1 is 1.09 bits per heavy atom. The monoisotopic (exact) mass is 452 g/mol. The number of carbonyl (C=O) groups excluding carboxylic acids is 1. The van der Waals surface area contributed by atoms with Gasteiger partial charge in [0.05, 0.1) is 0 Å². The molecule has 0 atom stereocenters. The van der Waals surface area contributed by atoms with Gasteiger partial charge in [0, 0.05) is 44.2 Å². The van der Waals surface area contributed by atoms with Crippen LogP contribution in [-0.2, 0) is 11.2 Å². The number of fused-ring (bicyclic) bond motifs is 1. The highest BCUT2D eigenvalue weighted by atomic mass is 32.1. The topological polar surface area (TPSA) is 65.8 Å². The van der Waals surface area contributed by atoms with Gasteiger partial charge in [0.25, 0.3) is 0 Å². The lowest BCUT2D eigenvalue weighted by molar-refractivity contribution is -0.131. The molecule has 1 saturated heterocycles. The number of piperazine rings is 1. The minimum Gasteiger partial charge on any atom is -0.365 e. The minimum absolute atomic E-state index is 0.236.